The highest BCUT2D eigenvalue weighted by molar-refractivity contribution is 7.91. The lowest BCUT2D eigenvalue weighted by Crippen LogP contribution is -2.48. The van der Waals surface area contributed by atoms with Crippen LogP contribution in [-0.4, -0.2) is 55.9 Å². The second-order valence-electron chi connectivity index (χ2n) is 6.86. The first-order chi connectivity index (χ1) is 12.6. The maximum Gasteiger partial charge on any atom is 0.329 e. The number of hydrogen-bond acceptors (Lipinski definition) is 7. The van der Waals surface area contributed by atoms with Gasteiger partial charge in [-0.15, -0.1) is 11.3 Å². The van der Waals surface area contributed by atoms with Crippen molar-refractivity contribution in [1.82, 2.24) is 10.6 Å². The first-order valence-electron chi connectivity index (χ1n) is 8.64. The SMILES string of the molecule is CC(C)[C@H](NC(=O)c1cccs1)C(=O)O[C@@H](C)C(=O)N[C@@H]1CCS(=O)(=O)C1. The highest BCUT2D eigenvalue weighted by Gasteiger charge is 2.32. The number of ether oxygens (including phenoxy) is 1. The Morgan fingerprint density at radius 1 is 1.26 bits per heavy atom. The minimum atomic E-state index is -3.12. The zero-order chi connectivity index (χ0) is 20.2. The number of nitrogens with one attached hydrogen (secondary N) is 2. The molecule has 2 rings (SSSR count). The van der Waals surface area contributed by atoms with Crippen LogP contribution in [-0.2, 0) is 24.2 Å². The first kappa shape index (κ1) is 21.4. The fourth-order valence-corrected chi connectivity index (χ4v) is 4.95. The summed E-state index contributed by atoms with van der Waals surface area (Å²) in [6.07, 6.45) is -0.749. The Bertz CT molecular complexity index is 788. The van der Waals surface area contributed by atoms with Crippen molar-refractivity contribution in [2.45, 2.75) is 45.4 Å². The average molecular weight is 417 g/mol. The van der Waals surface area contributed by atoms with Crippen molar-refractivity contribution in [3.05, 3.63) is 22.4 Å². The molecule has 1 aromatic heterocycles. The van der Waals surface area contributed by atoms with Crippen molar-refractivity contribution in [2.24, 2.45) is 5.92 Å². The quantitative estimate of drug-likeness (QED) is 0.633. The van der Waals surface area contributed by atoms with Gasteiger partial charge < -0.3 is 15.4 Å². The van der Waals surface area contributed by atoms with Gasteiger partial charge in [-0.2, -0.15) is 0 Å². The molecule has 2 heterocycles. The number of amides is 2. The number of sulfone groups is 1. The molecule has 0 bridgehead atoms. The molecule has 3 atom stereocenters. The lowest BCUT2D eigenvalue weighted by atomic mass is 10.0. The molecule has 0 unspecified atom stereocenters. The molecule has 27 heavy (non-hydrogen) atoms. The monoisotopic (exact) mass is 416 g/mol. The number of hydrogen-bond donors (Lipinski definition) is 2. The van der Waals surface area contributed by atoms with E-state index >= 15 is 0 Å². The molecule has 1 fully saturated rings. The molecule has 1 aliphatic heterocycles. The summed E-state index contributed by atoms with van der Waals surface area (Å²) in [5.41, 5.74) is 0. The van der Waals surface area contributed by atoms with Crippen LogP contribution in [0.1, 0.15) is 36.9 Å². The summed E-state index contributed by atoms with van der Waals surface area (Å²) in [7, 11) is -3.12. The van der Waals surface area contributed by atoms with Crippen LogP contribution in [0, 0.1) is 5.92 Å². The van der Waals surface area contributed by atoms with E-state index in [9.17, 15) is 22.8 Å². The van der Waals surface area contributed by atoms with E-state index in [4.69, 9.17) is 4.74 Å². The zero-order valence-electron chi connectivity index (χ0n) is 15.4. The van der Waals surface area contributed by atoms with Gasteiger partial charge in [0.1, 0.15) is 6.04 Å². The maximum absolute atomic E-state index is 12.4. The highest BCUT2D eigenvalue weighted by Crippen LogP contribution is 2.13. The number of rotatable bonds is 7. The van der Waals surface area contributed by atoms with Crippen LogP contribution in [0.25, 0.3) is 0 Å². The van der Waals surface area contributed by atoms with Crippen LogP contribution < -0.4 is 10.6 Å². The summed E-state index contributed by atoms with van der Waals surface area (Å²) in [6.45, 7) is 4.93. The van der Waals surface area contributed by atoms with Gasteiger partial charge in [-0.25, -0.2) is 13.2 Å². The van der Waals surface area contributed by atoms with Gasteiger partial charge in [0, 0.05) is 6.04 Å². The molecule has 150 valence electrons. The van der Waals surface area contributed by atoms with Gasteiger partial charge >= 0.3 is 5.97 Å². The van der Waals surface area contributed by atoms with Gasteiger partial charge in [0.05, 0.1) is 16.4 Å². The molecule has 0 saturated carbocycles. The molecular formula is C17H24N2O6S2. The second kappa shape index (κ2) is 8.83. The van der Waals surface area contributed by atoms with Crippen LogP contribution in [0.3, 0.4) is 0 Å². The Kier molecular flexibility index (Phi) is 6.99. The van der Waals surface area contributed by atoms with Crippen molar-refractivity contribution in [2.75, 3.05) is 11.5 Å². The average Bonchev–Trinajstić information content (AvgIpc) is 3.21. The summed E-state index contributed by atoms with van der Waals surface area (Å²) in [5.74, 6) is -1.96. The first-order valence-corrected chi connectivity index (χ1v) is 11.3. The molecule has 1 saturated heterocycles. The standard InChI is InChI=1S/C17H24N2O6S2/c1-10(2)14(19-16(21)13-5-4-7-26-13)17(22)25-11(3)15(20)18-12-6-8-27(23,24)9-12/h4-5,7,10-12,14H,6,8-9H2,1-3H3,(H,18,20)(H,19,21)/t11-,12+,14-/m0/s1. The van der Waals surface area contributed by atoms with Gasteiger partial charge in [0.25, 0.3) is 11.8 Å². The number of carbonyl (C=O) groups excluding carboxylic acids is 3. The van der Waals surface area contributed by atoms with Crippen LogP contribution in [0.15, 0.2) is 17.5 Å². The molecular weight excluding hydrogens is 392 g/mol. The van der Waals surface area contributed by atoms with Crippen LogP contribution >= 0.6 is 11.3 Å². The second-order valence-corrected chi connectivity index (χ2v) is 10.0. The molecule has 0 aromatic carbocycles. The minimum absolute atomic E-state index is 0.0380. The van der Waals surface area contributed by atoms with Gasteiger partial charge in [0.2, 0.25) is 0 Å². The molecule has 10 heteroatoms. The van der Waals surface area contributed by atoms with Gasteiger partial charge in [0.15, 0.2) is 15.9 Å². The van der Waals surface area contributed by atoms with Gasteiger partial charge in [-0.05, 0) is 30.7 Å². The van der Waals surface area contributed by atoms with Crippen molar-refractivity contribution < 1.29 is 27.5 Å². The van der Waals surface area contributed by atoms with Crippen molar-refractivity contribution in [3.63, 3.8) is 0 Å². The molecule has 2 N–H and O–H groups in total. The molecule has 0 aliphatic carbocycles. The number of carbonyl (C=O) groups is 3. The predicted octanol–water partition coefficient (Wildman–Crippen LogP) is 0.738. The Morgan fingerprint density at radius 3 is 2.48 bits per heavy atom. The van der Waals surface area contributed by atoms with E-state index in [1.807, 2.05) is 0 Å². The summed E-state index contributed by atoms with van der Waals surface area (Å²) in [6, 6.07) is 2.01. The van der Waals surface area contributed by atoms with Crippen molar-refractivity contribution in [3.8, 4) is 0 Å². The van der Waals surface area contributed by atoms with Crippen molar-refractivity contribution >= 4 is 39.0 Å². The minimum Gasteiger partial charge on any atom is -0.451 e. The molecule has 1 aliphatic rings. The number of thiophene rings is 1. The lowest BCUT2D eigenvalue weighted by molar-refractivity contribution is -0.157. The zero-order valence-corrected chi connectivity index (χ0v) is 17.1. The Hall–Kier alpha value is -1.94. The molecule has 0 spiro atoms. The highest BCUT2D eigenvalue weighted by atomic mass is 32.2. The Balaban J connectivity index is 1.91. The van der Waals surface area contributed by atoms with Gasteiger partial charge in [-0.3, -0.25) is 9.59 Å². The number of esters is 1. The molecule has 1 aromatic rings. The fraction of sp³-hybridized carbons (Fsp3) is 0.588. The van der Waals surface area contributed by atoms with E-state index in [0.29, 0.717) is 11.3 Å². The predicted molar refractivity (Wildman–Crippen MR) is 101 cm³/mol. The summed E-state index contributed by atoms with van der Waals surface area (Å²) in [5, 5.41) is 6.98. The Morgan fingerprint density at radius 2 is 1.96 bits per heavy atom. The van der Waals surface area contributed by atoms with Crippen LogP contribution in [0.5, 0.6) is 0 Å². The normalized spacial score (nSPS) is 20.7. The topological polar surface area (TPSA) is 119 Å². The Labute approximate surface area is 162 Å². The summed E-state index contributed by atoms with van der Waals surface area (Å²) in [4.78, 5) is 37.3. The lowest BCUT2D eigenvalue weighted by Gasteiger charge is -2.23. The van der Waals surface area contributed by atoms with E-state index in [2.05, 4.69) is 10.6 Å². The summed E-state index contributed by atoms with van der Waals surface area (Å²) >= 11 is 1.26. The third-order valence-electron chi connectivity index (χ3n) is 4.19. The van der Waals surface area contributed by atoms with E-state index in [1.165, 1.54) is 18.3 Å². The smallest absolute Gasteiger partial charge is 0.329 e. The van der Waals surface area contributed by atoms with E-state index in [-0.39, 0.29) is 23.3 Å². The van der Waals surface area contributed by atoms with Gasteiger partial charge in [-0.1, -0.05) is 19.9 Å². The molecule has 2 amide bonds. The van der Waals surface area contributed by atoms with E-state index in [0.717, 1.165) is 0 Å². The largest absolute Gasteiger partial charge is 0.451 e. The fourth-order valence-electron chi connectivity index (χ4n) is 2.65. The van der Waals surface area contributed by atoms with Crippen LogP contribution in [0.2, 0.25) is 0 Å². The summed E-state index contributed by atoms with van der Waals surface area (Å²) < 4.78 is 28.1. The van der Waals surface area contributed by atoms with E-state index in [1.54, 1.807) is 31.4 Å². The van der Waals surface area contributed by atoms with E-state index < -0.39 is 39.9 Å². The third kappa shape index (κ3) is 6.03. The van der Waals surface area contributed by atoms with Crippen molar-refractivity contribution in [1.29, 1.82) is 0 Å². The molecule has 0 radical (unpaired) electrons. The maximum atomic E-state index is 12.4. The molecule has 8 nitrogen and oxygen atoms in total. The third-order valence-corrected chi connectivity index (χ3v) is 6.83. The van der Waals surface area contributed by atoms with Crippen LogP contribution in [0.4, 0.5) is 0 Å².